The normalized spacial score (nSPS) is 10.6. The maximum atomic E-state index is 11.6. The molecular formula is C14H19N3O3S. The van der Waals surface area contributed by atoms with E-state index >= 15 is 0 Å². The van der Waals surface area contributed by atoms with Gasteiger partial charge in [-0.3, -0.25) is 4.79 Å². The van der Waals surface area contributed by atoms with Crippen LogP contribution in [0.3, 0.4) is 0 Å². The van der Waals surface area contributed by atoms with Gasteiger partial charge >= 0.3 is 0 Å². The highest BCUT2D eigenvalue weighted by Gasteiger charge is 2.12. The number of hydrogen-bond acceptors (Lipinski definition) is 4. The second kappa shape index (κ2) is 6.62. The summed E-state index contributed by atoms with van der Waals surface area (Å²) in [5, 5.41) is 2.78. The van der Waals surface area contributed by atoms with Gasteiger partial charge in [0.2, 0.25) is 5.91 Å². The molecule has 0 aliphatic heterocycles. The first-order valence-corrected chi connectivity index (χ1v) is 7.12. The molecule has 0 aliphatic rings. The van der Waals surface area contributed by atoms with Crippen molar-refractivity contribution in [3.8, 4) is 11.5 Å². The smallest absolute Gasteiger partial charge is 0.221 e. The van der Waals surface area contributed by atoms with Crippen LogP contribution in [0.4, 0.5) is 0 Å². The van der Waals surface area contributed by atoms with E-state index in [9.17, 15) is 4.79 Å². The first kappa shape index (κ1) is 15.4. The maximum Gasteiger partial charge on any atom is 0.221 e. The van der Waals surface area contributed by atoms with E-state index in [1.165, 1.54) is 0 Å². The molecule has 0 aliphatic carbocycles. The molecule has 0 radical (unpaired) electrons. The summed E-state index contributed by atoms with van der Waals surface area (Å²) in [5.74, 6) is 1.28. The van der Waals surface area contributed by atoms with Gasteiger partial charge in [0.05, 0.1) is 25.3 Å². The van der Waals surface area contributed by atoms with Gasteiger partial charge in [0.1, 0.15) is 0 Å². The van der Waals surface area contributed by atoms with Gasteiger partial charge in [-0.2, -0.15) is 0 Å². The molecule has 1 heterocycles. The summed E-state index contributed by atoms with van der Waals surface area (Å²) in [6, 6.07) is 3.70. The Labute approximate surface area is 128 Å². The average molecular weight is 309 g/mol. The number of aromatic nitrogens is 2. The van der Waals surface area contributed by atoms with E-state index in [1.807, 2.05) is 23.6 Å². The van der Waals surface area contributed by atoms with Crippen molar-refractivity contribution >= 4 is 29.2 Å². The van der Waals surface area contributed by atoms with E-state index in [1.54, 1.807) is 14.2 Å². The zero-order valence-electron chi connectivity index (χ0n) is 12.4. The summed E-state index contributed by atoms with van der Waals surface area (Å²) >= 11 is 5.32. The highest BCUT2D eigenvalue weighted by molar-refractivity contribution is 7.71. The Balaban J connectivity index is 2.37. The topological polar surface area (TPSA) is 68.3 Å². The maximum absolute atomic E-state index is 11.6. The van der Waals surface area contributed by atoms with Crippen LogP contribution < -0.4 is 14.8 Å². The Kier molecular flexibility index (Phi) is 4.85. The Morgan fingerprint density at radius 2 is 2.00 bits per heavy atom. The molecular weight excluding hydrogens is 290 g/mol. The van der Waals surface area contributed by atoms with E-state index < -0.39 is 0 Å². The quantitative estimate of drug-likeness (QED) is 0.803. The van der Waals surface area contributed by atoms with Crippen LogP contribution in [-0.2, 0) is 11.3 Å². The van der Waals surface area contributed by atoms with Gasteiger partial charge < -0.3 is 24.3 Å². The number of imidazole rings is 1. The van der Waals surface area contributed by atoms with Crippen molar-refractivity contribution in [3.63, 3.8) is 0 Å². The lowest BCUT2D eigenvalue weighted by Gasteiger charge is -2.09. The predicted octanol–water partition coefficient (Wildman–Crippen LogP) is 2.24. The Bertz CT molecular complexity index is 705. The number of hydrogen-bond donors (Lipinski definition) is 2. The average Bonchev–Trinajstić information content (AvgIpc) is 2.78. The van der Waals surface area contributed by atoms with Gasteiger partial charge in [-0.05, 0) is 19.1 Å². The summed E-state index contributed by atoms with van der Waals surface area (Å²) < 4.78 is 13.0. The van der Waals surface area contributed by atoms with Gasteiger partial charge in [0.15, 0.2) is 16.3 Å². The number of nitrogens with one attached hydrogen (secondary N) is 2. The van der Waals surface area contributed by atoms with Crippen molar-refractivity contribution in [3.05, 3.63) is 16.9 Å². The fraction of sp³-hybridized carbons (Fsp3) is 0.429. The van der Waals surface area contributed by atoms with Gasteiger partial charge in [-0.1, -0.05) is 0 Å². The second-order valence-electron chi connectivity index (χ2n) is 4.51. The monoisotopic (exact) mass is 309 g/mol. The van der Waals surface area contributed by atoms with E-state index in [4.69, 9.17) is 21.7 Å². The lowest BCUT2D eigenvalue weighted by Crippen LogP contribution is -2.23. The Morgan fingerprint density at radius 1 is 1.33 bits per heavy atom. The number of methoxy groups -OCH3 is 2. The van der Waals surface area contributed by atoms with Crippen LogP contribution in [0.1, 0.15) is 13.3 Å². The number of benzene rings is 1. The van der Waals surface area contributed by atoms with Crippen molar-refractivity contribution in [1.82, 2.24) is 14.9 Å². The molecule has 0 unspecified atom stereocenters. The van der Waals surface area contributed by atoms with Gasteiger partial charge in [-0.25, -0.2) is 0 Å². The third-order valence-electron chi connectivity index (χ3n) is 3.22. The molecule has 21 heavy (non-hydrogen) atoms. The molecule has 6 nitrogen and oxygen atoms in total. The van der Waals surface area contributed by atoms with Gasteiger partial charge in [0, 0.05) is 31.6 Å². The van der Waals surface area contributed by atoms with Crippen LogP contribution in [0.2, 0.25) is 0 Å². The van der Waals surface area contributed by atoms with Crippen molar-refractivity contribution < 1.29 is 14.3 Å². The zero-order chi connectivity index (χ0) is 15.4. The standard InChI is InChI=1S/C14H19N3O3S/c1-4-15-13(18)5-6-17-10-8-12(20-3)11(19-2)7-9(10)16-14(17)21/h7-8H,4-6H2,1-3H3,(H,15,18)(H,16,21). The molecule has 0 fully saturated rings. The summed E-state index contributed by atoms with van der Waals surface area (Å²) in [7, 11) is 3.17. The van der Waals surface area contributed by atoms with Crippen LogP contribution in [0.5, 0.6) is 11.5 Å². The zero-order valence-corrected chi connectivity index (χ0v) is 13.2. The molecule has 1 amide bonds. The molecule has 0 saturated heterocycles. The van der Waals surface area contributed by atoms with Gasteiger partial charge in [-0.15, -0.1) is 0 Å². The second-order valence-corrected chi connectivity index (χ2v) is 4.90. The minimum Gasteiger partial charge on any atom is -0.493 e. The minimum atomic E-state index is 0.00854. The number of carbonyl (C=O) groups is 1. The molecule has 0 bridgehead atoms. The molecule has 0 atom stereocenters. The van der Waals surface area contributed by atoms with E-state index in [0.717, 1.165) is 11.0 Å². The highest BCUT2D eigenvalue weighted by Crippen LogP contribution is 2.31. The largest absolute Gasteiger partial charge is 0.493 e. The molecule has 2 rings (SSSR count). The number of aryl methyl sites for hydroxylation is 1. The molecule has 0 saturated carbocycles. The molecule has 2 N–H and O–H groups in total. The molecule has 1 aromatic heterocycles. The molecule has 114 valence electrons. The first-order valence-electron chi connectivity index (χ1n) is 6.72. The number of rotatable bonds is 6. The van der Waals surface area contributed by atoms with Crippen molar-refractivity contribution in [2.45, 2.75) is 19.9 Å². The number of H-pyrrole nitrogens is 1. The Morgan fingerprint density at radius 3 is 2.62 bits per heavy atom. The fourth-order valence-electron chi connectivity index (χ4n) is 2.20. The number of carbonyl (C=O) groups excluding carboxylic acids is 1. The fourth-order valence-corrected chi connectivity index (χ4v) is 2.50. The van der Waals surface area contributed by atoms with E-state index in [2.05, 4.69) is 10.3 Å². The first-order chi connectivity index (χ1) is 10.1. The Hall–Kier alpha value is -2.02. The number of fused-ring (bicyclic) bond motifs is 1. The summed E-state index contributed by atoms with van der Waals surface area (Å²) in [6.45, 7) is 3.04. The van der Waals surface area contributed by atoms with Crippen LogP contribution >= 0.6 is 12.2 Å². The number of nitrogens with zero attached hydrogens (tertiary/aromatic N) is 1. The van der Waals surface area contributed by atoms with Crippen LogP contribution in [0.25, 0.3) is 11.0 Å². The van der Waals surface area contributed by atoms with Crippen molar-refractivity contribution in [2.24, 2.45) is 0 Å². The third kappa shape index (κ3) is 3.18. The SMILES string of the molecule is CCNC(=O)CCn1c(=S)[nH]c2cc(OC)c(OC)cc21. The summed E-state index contributed by atoms with van der Waals surface area (Å²) in [5.41, 5.74) is 1.75. The summed E-state index contributed by atoms with van der Waals surface area (Å²) in [4.78, 5) is 14.7. The number of amides is 1. The number of ether oxygens (including phenoxy) is 2. The molecule has 7 heteroatoms. The van der Waals surface area contributed by atoms with Gasteiger partial charge in [0.25, 0.3) is 0 Å². The third-order valence-corrected chi connectivity index (χ3v) is 3.54. The van der Waals surface area contributed by atoms with Crippen molar-refractivity contribution in [2.75, 3.05) is 20.8 Å². The molecule has 2 aromatic rings. The summed E-state index contributed by atoms with van der Waals surface area (Å²) in [6.07, 6.45) is 0.378. The minimum absolute atomic E-state index is 0.00854. The van der Waals surface area contributed by atoms with Crippen LogP contribution in [0, 0.1) is 4.77 Å². The highest BCUT2D eigenvalue weighted by atomic mass is 32.1. The van der Waals surface area contributed by atoms with Crippen LogP contribution in [-0.4, -0.2) is 36.2 Å². The predicted molar refractivity (Wildman–Crippen MR) is 83.5 cm³/mol. The lowest BCUT2D eigenvalue weighted by molar-refractivity contribution is -0.121. The van der Waals surface area contributed by atoms with Crippen LogP contribution in [0.15, 0.2) is 12.1 Å². The van der Waals surface area contributed by atoms with Crippen molar-refractivity contribution in [1.29, 1.82) is 0 Å². The molecule has 0 spiro atoms. The number of aromatic amines is 1. The lowest BCUT2D eigenvalue weighted by atomic mass is 10.2. The van der Waals surface area contributed by atoms with E-state index in [0.29, 0.717) is 35.8 Å². The van der Waals surface area contributed by atoms with E-state index in [-0.39, 0.29) is 5.91 Å². The molecule has 1 aromatic carbocycles.